The molecule has 0 aliphatic rings. The van der Waals surface area contributed by atoms with Crippen molar-refractivity contribution in [3.8, 4) is 0 Å². The highest BCUT2D eigenvalue weighted by Gasteiger charge is 2.22. The van der Waals surface area contributed by atoms with Crippen molar-refractivity contribution >= 4 is 24.2 Å². The van der Waals surface area contributed by atoms with Crippen LogP contribution >= 0.6 is 11.6 Å². The lowest BCUT2D eigenvalue weighted by Gasteiger charge is -2.26. The van der Waals surface area contributed by atoms with Crippen LogP contribution in [0.25, 0.3) is 0 Å². The van der Waals surface area contributed by atoms with Gasteiger partial charge in [-0.3, -0.25) is 4.99 Å². The Bertz CT molecular complexity index is 1000. The Labute approximate surface area is 183 Å². The van der Waals surface area contributed by atoms with Gasteiger partial charge in [0.2, 0.25) is 0 Å². The molecule has 4 nitrogen and oxygen atoms in total. The number of rotatable bonds is 7. The van der Waals surface area contributed by atoms with Gasteiger partial charge in [-0.25, -0.2) is 4.99 Å². The molecule has 1 aromatic heterocycles. The van der Waals surface area contributed by atoms with Gasteiger partial charge in [-0.1, -0.05) is 68.8 Å². The number of nitrogens with zero attached hydrogens (tertiary/aromatic N) is 4. The summed E-state index contributed by atoms with van der Waals surface area (Å²) in [5.41, 5.74) is 5.14. The summed E-state index contributed by atoms with van der Waals surface area (Å²) in [5, 5.41) is 9.38. The minimum absolute atomic E-state index is 0.101. The van der Waals surface area contributed by atoms with E-state index in [-0.39, 0.29) is 5.41 Å². The molecule has 30 heavy (non-hydrogen) atoms. The fourth-order valence-corrected chi connectivity index (χ4v) is 3.41. The van der Waals surface area contributed by atoms with Gasteiger partial charge in [0.1, 0.15) is 5.69 Å². The lowest BCUT2D eigenvalue weighted by Crippen LogP contribution is -2.18. The highest BCUT2D eigenvalue weighted by Crippen LogP contribution is 2.32. The van der Waals surface area contributed by atoms with Gasteiger partial charge in [0, 0.05) is 23.4 Å². The molecule has 0 N–H and O–H groups in total. The van der Waals surface area contributed by atoms with Gasteiger partial charge >= 0.3 is 0 Å². The third-order valence-corrected chi connectivity index (χ3v) is 5.46. The Balaban J connectivity index is 1.72. The summed E-state index contributed by atoms with van der Waals surface area (Å²) >= 11 is 6.04. The molecule has 2 aromatic carbocycles. The van der Waals surface area contributed by atoms with Crippen molar-refractivity contribution < 1.29 is 0 Å². The van der Waals surface area contributed by atoms with Crippen molar-refractivity contribution in [3.63, 3.8) is 0 Å². The quantitative estimate of drug-likeness (QED) is 0.354. The largest absolute Gasteiger partial charge is 0.265 e. The first kappa shape index (κ1) is 21.8. The molecule has 1 heterocycles. The van der Waals surface area contributed by atoms with Crippen LogP contribution in [-0.2, 0) is 11.8 Å². The average Bonchev–Trinajstić information content (AvgIpc) is 2.76. The molecule has 0 unspecified atom stereocenters. The van der Waals surface area contributed by atoms with E-state index in [4.69, 9.17) is 11.6 Å². The predicted molar refractivity (Wildman–Crippen MR) is 126 cm³/mol. The van der Waals surface area contributed by atoms with Crippen LogP contribution in [0.2, 0.25) is 5.02 Å². The first-order valence-electron chi connectivity index (χ1n) is 10.1. The standard InChI is InChI=1S/C25H27ClN4/c1-5-16-28-24(27-4)23-15-14-22(29-30-23)17-18-6-8-19(9-7-18)25(2,3)20-10-12-21(26)13-11-20/h6-15H,4-5,16-17H2,1-3H3. The van der Waals surface area contributed by atoms with Crippen LogP contribution in [0.1, 0.15) is 55.3 Å². The second-order valence-electron chi connectivity index (χ2n) is 7.78. The highest BCUT2D eigenvalue weighted by atomic mass is 35.5. The molecule has 0 amide bonds. The average molecular weight is 419 g/mol. The molecule has 0 saturated heterocycles. The van der Waals surface area contributed by atoms with E-state index >= 15 is 0 Å². The maximum atomic E-state index is 6.04. The molecule has 0 radical (unpaired) electrons. The molecule has 3 aromatic rings. The van der Waals surface area contributed by atoms with Gasteiger partial charge in [-0.15, -0.1) is 5.10 Å². The van der Waals surface area contributed by atoms with Crippen molar-refractivity contribution in [2.24, 2.45) is 9.98 Å². The SMILES string of the molecule is C=NC(=NCCC)c1ccc(Cc2ccc(C(C)(C)c3ccc(Cl)cc3)cc2)nn1. The number of halogens is 1. The van der Waals surface area contributed by atoms with Crippen molar-refractivity contribution in [3.05, 3.63) is 93.8 Å². The fourth-order valence-electron chi connectivity index (χ4n) is 3.28. The van der Waals surface area contributed by atoms with E-state index in [1.807, 2.05) is 24.3 Å². The van der Waals surface area contributed by atoms with Crippen LogP contribution in [0, 0.1) is 0 Å². The summed E-state index contributed by atoms with van der Waals surface area (Å²) in [4.78, 5) is 8.35. The molecule has 0 aliphatic carbocycles. The maximum absolute atomic E-state index is 6.04. The molecular formula is C25H27ClN4. The molecule has 154 valence electrons. The lowest BCUT2D eigenvalue weighted by molar-refractivity contribution is 0.640. The summed E-state index contributed by atoms with van der Waals surface area (Å²) in [6.07, 6.45) is 1.67. The third-order valence-electron chi connectivity index (χ3n) is 5.21. The molecular weight excluding hydrogens is 392 g/mol. The smallest absolute Gasteiger partial charge is 0.174 e. The van der Waals surface area contributed by atoms with Crippen molar-refractivity contribution in [2.75, 3.05) is 6.54 Å². The predicted octanol–water partition coefficient (Wildman–Crippen LogP) is 5.90. The van der Waals surface area contributed by atoms with Crippen LogP contribution in [0.15, 0.2) is 70.6 Å². The van der Waals surface area contributed by atoms with Gasteiger partial charge in [-0.2, -0.15) is 5.10 Å². The fraction of sp³-hybridized carbons (Fsp3) is 0.280. The van der Waals surface area contributed by atoms with E-state index in [9.17, 15) is 0 Å². The van der Waals surface area contributed by atoms with Crippen molar-refractivity contribution in [1.29, 1.82) is 0 Å². The van der Waals surface area contributed by atoms with Crippen LogP contribution in [0.5, 0.6) is 0 Å². The van der Waals surface area contributed by atoms with E-state index in [0.29, 0.717) is 18.1 Å². The van der Waals surface area contributed by atoms with Crippen LogP contribution in [0.3, 0.4) is 0 Å². The van der Waals surface area contributed by atoms with E-state index in [1.165, 1.54) is 16.7 Å². The molecule has 5 heteroatoms. The Kier molecular flexibility index (Phi) is 7.11. The summed E-state index contributed by atoms with van der Waals surface area (Å²) in [5.74, 6) is 0.546. The van der Waals surface area contributed by atoms with E-state index < -0.39 is 0 Å². The normalized spacial score (nSPS) is 12.1. The first-order valence-corrected chi connectivity index (χ1v) is 10.5. The summed E-state index contributed by atoms with van der Waals surface area (Å²) < 4.78 is 0. The number of aromatic nitrogens is 2. The molecule has 0 saturated carbocycles. The molecule has 0 atom stereocenters. The van der Waals surface area contributed by atoms with Gasteiger partial charge < -0.3 is 0 Å². The van der Waals surface area contributed by atoms with Gasteiger partial charge in [0.25, 0.3) is 0 Å². The zero-order chi connectivity index (χ0) is 21.6. The van der Waals surface area contributed by atoms with Crippen molar-refractivity contribution in [2.45, 2.75) is 39.0 Å². The zero-order valence-corrected chi connectivity index (χ0v) is 18.5. The number of hydrogen-bond acceptors (Lipinski definition) is 3. The highest BCUT2D eigenvalue weighted by molar-refractivity contribution is 6.30. The molecule has 3 rings (SSSR count). The molecule has 0 spiro atoms. The summed E-state index contributed by atoms with van der Waals surface area (Å²) in [6, 6.07) is 20.6. The molecule has 0 bridgehead atoms. The monoisotopic (exact) mass is 418 g/mol. The zero-order valence-electron chi connectivity index (χ0n) is 17.8. The number of hydrogen-bond donors (Lipinski definition) is 0. The topological polar surface area (TPSA) is 50.5 Å². The Hall–Kier alpha value is -2.85. The van der Waals surface area contributed by atoms with Gasteiger partial charge in [0.15, 0.2) is 5.84 Å². The van der Waals surface area contributed by atoms with Gasteiger partial charge in [0.05, 0.1) is 5.69 Å². The maximum Gasteiger partial charge on any atom is 0.174 e. The third kappa shape index (κ3) is 5.19. The van der Waals surface area contributed by atoms with Crippen LogP contribution in [-0.4, -0.2) is 29.3 Å². The Morgan fingerprint density at radius 3 is 2.10 bits per heavy atom. The van der Waals surface area contributed by atoms with E-state index in [2.05, 4.69) is 84.1 Å². The second-order valence-corrected chi connectivity index (χ2v) is 8.22. The van der Waals surface area contributed by atoms with Crippen LogP contribution in [0.4, 0.5) is 0 Å². The minimum atomic E-state index is -0.101. The molecule has 0 fully saturated rings. The number of benzene rings is 2. The van der Waals surface area contributed by atoms with Gasteiger partial charge in [-0.05, 0) is 54.1 Å². The number of aliphatic imine (C=N–C) groups is 2. The molecule has 0 aliphatic heterocycles. The lowest BCUT2D eigenvalue weighted by atomic mass is 9.78. The first-order chi connectivity index (χ1) is 14.4. The number of amidine groups is 1. The van der Waals surface area contributed by atoms with E-state index in [1.54, 1.807) is 0 Å². The van der Waals surface area contributed by atoms with Crippen molar-refractivity contribution in [1.82, 2.24) is 10.2 Å². The minimum Gasteiger partial charge on any atom is -0.265 e. The summed E-state index contributed by atoms with van der Waals surface area (Å²) in [6.45, 7) is 10.8. The Morgan fingerprint density at radius 1 is 0.933 bits per heavy atom. The van der Waals surface area contributed by atoms with Crippen LogP contribution < -0.4 is 0 Å². The Morgan fingerprint density at radius 2 is 1.57 bits per heavy atom. The van der Waals surface area contributed by atoms with E-state index in [0.717, 1.165) is 23.6 Å². The second kappa shape index (κ2) is 9.77. The summed E-state index contributed by atoms with van der Waals surface area (Å²) in [7, 11) is 0.